The average molecular weight is 259 g/mol. The Labute approximate surface area is 112 Å². The second kappa shape index (κ2) is 6.58. The molecule has 0 spiro atoms. The van der Waals surface area contributed by atoms with Crippen LogP contribution in [0.2, 0.25) is 0 Å². The fourth-order valence-electron chi connectivity index (χ4n) is 1.76. The molecule has 100 valence electrons. The molecule has 0 unspecified atom stereocenters. The Morgan fingerprint density at radius 2 is 1.95 bits per heavy atom. The van der Waals surface area contributed by atoms with Gasteiger partial charge in [-0.05, 0) is 24.1 Å². The van der Waals surface area contributed by atoms with E-state index in [4.69, 9.17) is 9.47 Å². The van der Waals surface area contributed by atoms with Gasteiger partial charge >= 0.3 is 0 Å². The summed E-state index contributed by atoms with van der Waals surface area (Å²) in [5.41, 5.74) is 1.18. The average Bonchev–Trinajstić information content (AvgIpc) is 2.48. The van der Waals surface area contributed by atoms with Crippen LogP contribution in [0.3, 0.4) is 0 Å². The molecular formula is C14H17N3O2. The summed E-state index contributed by atoms with van der Waals surface area (Å²) in [7, 11) is 3.27. The first-order valence-corrected chi connectivity index (χ1v) is 6.04. The van der Waals surface area contributed by atoms with E-state index in [1.165, 1.54) is 5.56 Å². The summed E-state index contributed by atoms with van der Waals surface area (Å²) in [4.78, 5) is 8.15. The van der Waals surface area contributed by atoms with Crippen molar-refractivity contribution >= 4 is 5.82 Å². The highest BCUT2D eigenvalue weighted by atomic mass is 16.5. The van der Waals surface area contributed by atoms with E-state index in [1.54, 1.807) is 32.8 Å². The molecule has 2 aromatic rings. The third-order valence-electron chi connectivity index (χ3n) is 2.73. The number of hydrogen-bond acceptors (Lipinski definition) is 5. The monoisotopic (exact) mass is 259 g/mol. The highest BCUT2D eigenvalue weighted by Gasteiger charge is 2.04. The van der Waals surface area contributed by atoms with Crippen molar-refractivity contribution in [1.29, 1.82) is 0 Å². The summed E-state index contributed by atoms with van der Waals surface area (Å²) in [6, 6.07) is 5.92. The van der Waals surface area contributed by atoms with E-state index < -0.39 is 0 Å². The molecule has 0 atom stereocenters. The molecule has 1 aromatic heterocycles. The third-order valence-corrected chi connectivity index (χ3v) is 2.73. The Morgan fingerprint density at radius 1 is 1.11 bits per heavy atom. The lowest BCUT2D eigenvalue weighted by atomic mass is 10.1. The molecule has 0 aliphatic heterocycles. The van der Waals surface area contributed by atoms with Gasteiger partial charge in [-0.15, -0.1) is 0 Å². The van der Waals surface area contributed by atoms with Crippen LogP contribution in [0, 0.1) is 0 Å². The van der Waals surface area contributed by atoms with Crippen molar-refractivity contribution in [3.8, 4) is 11.5 Å². The molecule has 1 aromatic carbocycles. The van der Waals surface area contributed by atoms with Gasteiger partial charge in [-0.2, -0.15) is 0 Å². The van der Waals surface area contributed by atoms with Crippen LogP contribution in [0.5, 0.6) is 11.5 Å². The van der Waals surface area contributed by atoms with E-state index >= 15 is 0 Å². The Balaban J connectivity index is 1.93. The maximum Gasteiger partial charge on any atom is 0.160 e. The van der Waals surface area contributed by atoms with Gasteiger partial charge < -0.3 is 14.8 Å². The number of rotatable bonds is 6. The van der Waals surface area contributed by atoms with Crippen molar-refractivity contribution < 1.29 is 9.47 Å². The quantitative estimate of drug-likeness (QED) is 0.861. The van der Waals surface area contributed by atoms with Crippen molar-refractivity contribution in [3.05, 3.63) is 42.4 Å². The zero-order chi connectivity index (χ0) is 13.5. The number of methoxy groups -OCH3 is 2. The minimum absolute atomic E-state index is 0.744. The fourth-order valence-corrected chi connectivity index (χ4v) is 1.76. The van der Waals surface area contributed by atoms with Crippen molar-refractivity contribution in [2.75, 3.05) is 26.1 Å². The van der Waals surface area contributed by atoms with E-state index in [0.29, 0.717) is 0 Å². The van der Waals surface area contributed by atoms with Crippen molar-refractivity contribution in [3.63, 3.8) is 0 Å². The summed E-state index contributed by atoms with van der Waals surface area (Å²) in [5, 5.41) is 3.21. The summed E-state index contributed by atoms with van der Waals surface area (Å²) >= 11 is 0. The first kappa shape index (κ1) is 13.1. The van der Waals surface area contributed by atoms with E-state index in [-0.39, 0.29) is 0 Å². The third kappa shape index (κ3) is 3.58. The zero-order valence-corrected chi connectivity index (χ0v) is 11.1. The summed E-state index contributed by atoms with van der Waals surface area (Å²) in [6.07, 6.45) is 5.89. The molecule has 0 fully saturated rings. The van der Waals surface area contributed by atoms with E-state index in [0.717, 1.165) is 30.3 Å². The predicted molar refractivity (Wildman–Crippen MR) is 73.8 cm³/mol. The van der Waals surface area contributed by atoms with Crippen LogP contribution < -0.4 is 14.8 Å². The van der Waals surface area contributed by atoms with Gasteiger partial charge in [-0.1, -0.05) is 6.07 Å². The first-order chi connectivity index (χ1) is 9.33. The standard InChI is InChI=1S/C14H17N3O2/c1-18-12-4-3-11(9-13(12)19-2)5-6-16-14-10-15-7-8-17-14/h3-4,7-10H,5-6H2,1-2H3,(H,16,17). The predicted octanol–water partition coefficient (Wildman–Crippen LogP) is 2.15. The molecule has 0 amide bonds. The van der Waals surface area contributed by atoms with Gasteiger partial charge in [0, 0.05) is 18.9 Å². The Kier molecular flexibility index (Phi) is 4.55. The van der Waals surface area contributed by atoms with Crippen LogP contribution in [0.4, 0.5) is 5.82 Å². The molecule has 1 N–H and O–H groups in total. The van der Waals surface area contributed by atoms with Crippen molar-refractivity contribution in [2.24, 2.45) is 0 Å². The summed E-state index contributed by atoms with van der Waals surface area (Å²) in [5.74, 6) is 2.27. The molecule has 5 heteroatoms. The maximum absolute atomic E-state index is 5.27. The molecule has 0 bridgehead atoms. The van der Waals surface area contributed by atoms with Crippen LogP contribution in [0.1, 0.15) is 5.56 Å². The van der Waals surface area contributed by atoms with Gasteiger partial charge in [0.05, 0.1) is 20.4 Å². The fraction of sp³-hybridized carbons (Fsp3) is 0.286. The number of hydrogen-bond donors (Lipinski definition) is 1. The molecular weight excluding hydrogens is 242 g/mol. The number of nitrogens with one attached hydrogen (secondary N) is 1. The Bertz CT molecular complexity index is 517. The highest BCUT2D eigenvalue weighted by Crippen LogP contribution is 2.27. The summed E-state index contributed by atoms with van der Waals surface area (Å²) in [6.45, 7) is 0.786. The topological polar surface area (TPSA) is 56.3 Å². The summed E-state index contributed by atoms with van der Waals surface area (Å²) < 4.78 is 10.5. The lowest BCUT2D eigenvalue weighted by Gasteiger charge is -2.10. The smallest absolute Gasteiger partial charge is 0.160 e. The van der Waals surface area contributed by atoms with Crippen LogP contribution in [-0.4, -0.2) is 30.7 Å². The van der Waals surface area contributed by atoms with Crippen molar-refractivity contribution in [1.82, 2.24) is 9.97 Å². The zero-order valence-electron chi connectivity index (χ0n) is 11.1. The Morgan fingerprint density at radius 3 is 2.63 bits per heavy atom. The van der Waals surface area contributed by atoms with Crippen molar-refractivity contribution in [2.45, 2.75) is 6.42 Å². The van der Waals surface area contributed by atoms with Gasteiger partial charge in [0.1, 0.15) is 5.82 Å². The molecule has 0 saturated carbocycles. The van der Waals surface area contributed by atoms with Crippen LogP contribution in [-0.2, 0) is 6.42 Å². The molecule has 2 rings (SSSR count). The second-order valence-electron chi connectivity index (χ2n) is 3.96. The lowest BCUT2D eigenvalue weighted by molar-refractivity contribution is 0.354. The second-order valence-corrected chi connectivity index (χ2v) is 3.96. The number of benzene rings is 1. The van der Waals surface area contributed by atoms with E-state index in [1.807, 2.05) is 18.2 Å². The molecule has 5 nitrogen and oxygen atoms in total. The molecule has 0 radical (unpaired) electrons. The largest absolute Gasteiger partial charge is 0.493 e. The lowest BCUT2D eigenvalue weighted by Crippen LogP contribution is -2.06. The normalized spacial score (nSPS) is 10.0. The van der Waals surface area contributed by atoms with E-state index in [9.17, 15) is 0 Å². The first-order valence-electron chi connectivity index (χ1n) is 6.04. The Hall–Kier alpha value is -2.30. The van der Waals surface area contributed by atoms with Crippen LogP contribution in [0.25, 0.3) is 0 Å². The molecule has 19 heavy (non-hydrogen) atoms. The van der Waals surface area contributed by atoms with E-state index in [2.05, 4.69) is 15.3 Å². The number of ether oxygens (including phenoxy) is 2. The molecule has 0 aliphatic rings. The molecule has 0 saturated heterocycles. The van der Waals surface area contributed by atoms with Gasteiger partial charge in [0.15, 0.2) is 11.5 Å². The maximum atomic E-state index is 5.27. The highest BCUT2D eigenvalue weighted by molar-refractivity contribution is 5.43. The van der Waals surface area contributed by atoms with Gasteiger partial charge in [-0.25, -0.2) is 4.98 Å². The number of nitrogens with zero attached hydrogens (tertiary/aromatic N) is 2. The van der Waals surface area contributed by atoms with Crippen LogP contribution in [0.15, 0.2) is 36.8 Å². The van der Waals surface area contributed by atoms with Crippen LogP contribution >= 0.6 is 0 Å². The number of anilines is 1. The number of aromatic nitrogens is 2. The minimum atomic E-state index is 0.744. The van der Waals surface area contributed by atoms with Gasteiger partial charge in [0.2, 0.25) is 0 Å². The molecule has 0 aliphatic carbocycles. The SMILES string of the molecule is COc1ccc(CCNc2cnccn2)cc1OC. The van der Waals surface area contributed by atoms with Gasteiger partial charge in [-0.3, -0.25) is 4.98 Å². The minimum Gasteiger partial charge on any atom is -0.493 e. The van der Waals surface area contributed by atoms with Gasteiger partial charge in [0.25, 0.3) is 0 Å². The molecule has 1 heterocycles.